The molecule has 0 spiro atoms. The summed E-state index contributed by atoms with van der Waals surface area (Å²) >= 11 is -0.224. The van der Waals surface area contributed by atoms with Gasteiger partial charge in [0.2, 0.25) is 0 Å². The van der Waals surface area contributed by atoms with E-state index in [0.29, 0.717) is 10.8 Å². The van der Waals surface area contributed by atoms with E-state index in [0.717, 1.165) is 58.7 Å². The topological polar surface area (TPSA) is 26.3 Å². The van der Waals surface area contributed by atoms with Gasteiger partial charge in [0, 0.05) is 0 Å². The van der Waals surface area contributed by atoms with E-state index >= 15 is 0 Å². The first-order valence-electron chi connectivity index (χ1n) is 15.6. The van der Waals surface area contributed by atoms with Crippen LogP contribution in [0.25, 0.3) is 0 Å². The third-order valence-electron chi connectivity index (χ3n) is 12.0. The van der Waals surface area contributed by atoms with Gasteiger partial charge >= 0.3 is 188 Å². The Balaban J connectivity index is 1.19. The van der Waals surface area contributed by atoms with Crippen LogP contribution in [0.15, 0.2) is 30.3 Å². The molecule has 0 aromatic heterocycles. The average molecular weight is 572 g/mol. The predicted molar refractivity (Wildman–Crippen MR) is 155 cm³/mol. The van der Waals surface area contributed by atoms with E-state index in [1.807, 2.05) is 18.2 Å². The Morgan fingerprint density at radius 1 is 0.919 bits per heavy atom. The van der Waals surface area contributed by atoms with E-state index in [-0.39, 0.29) is 25.9 Å². The van der Waals surface area contributed by atoms with Crippen LogP contribution in [0.2, 0.25) is 0 Å². The van der Waals surface area contributed by atoms with E-state index in [1.165, 1.54) is 64.2 Å². The number of benzene rings is 1. The van der Waals surface area contributed by atoms with E-state index in [4.69, 9.17) is 4.74 Å². The summed E-state index contributed by atoms with van der Waals surface area (Å²) < 4.78 is 7.21. The number of hydrogen-bond donors (Lipinski definition) is 0. The maximum absolute atomic E-state index is 12.7. The second-order valence-electron chi connectivity index (χ2n) is 14.4. The molecule has 4 saturated carbocycles. The molecule has 4 aliphatic carbocycles. The zero-order valence-corrected chi connectivity index (χ0v) is 25.9. The number of carbonyl (C=O) groups is 1. The Labute approximate surface area is 233 Å². The molecule has 0 radical (unpaired) electrons. The van der Waals surface area contributed by atoms with Crippen molar-refractivity contribution in [2.75, 3.05) is 0 Å². The predicted octanol–water partition coefficient (Wildman–Crippen LogP) is 8.64. The number of carbonyl (C=O) groups excluding carboxylic acids is 1. The summed E-state index contributed by atoms with van der Waals surface area (Å²) in [6.45, 7) is 12.7. The molecule has 37 heavy (non-hydrogen) atoms. The molecule has 0 heterocycles. The molecule has 4 fully saturated rings. The third-order valence-corrected chi connectivity index (χ3v) is 13.6. The molecule has 0 aliphatic heterocycles. The standard InChI is InChI=1S/C34H52O2Se/c1-23(2)10-9-11-24(3)29-16-17-30-28-15-14-25-22-26(36-32(35)37-27-12-7-6-8-13-27)18-20-33(25,4)31(28)19-21-34(29,30)5/h6-8,12-13,23-26,28-31H,9-11,14-22H2,1-5H3/t24-,25?,26+,28+,29-,30+,31+,33+,34-/m1/s1. The number of rotatable bonds is 8. The molecule has 0 N–H and O–H groups in total. The van der Waals surface area contributed by atoms with Crippen LogP contribution in [0.1, 0.15) is 112 Å². The summed E-state index contributed by atoms with van der Waals surface area (Å²) in [5, 5.41) is 0. The van der Waals surface area contributed by atoms with E-state index < -0.39 is 0 Å². The van der Waals surface area contributed by atoms with Gasteiger partial charge in [-0.1, -0.05) is 40.0 Å². The molecule has 206 valence electrons. The molecule has 0 saturated heterocycles. The van der Waals surface area contributed by atoms with Crippen LogP contribution in [0.4, 0.5) is 4.79 Å². The van der Waals surface area contributed by atoms with Crippen LogP contribution >= 0.6 is 0 Å². The van der Waals surface area contributed by atoms with Gasteiger partial charge in [-0.05, 0) is 5.92 Å². The van der Waals surface area contributed by atoms with Gasteiger partial charge in [0.25, 0.3) is 0 Å². The minimum absolute atomic E-state index is 0.0222. The fourth-order valence-electron chi connectivity index (χ4n) is 10.1. The van der Waals surface area contributed by atoms with Crippen molar-refractivity contribution >= 4 is 24.3 Å². The van der Waals surface area contributed by atoms with Gasteiger partial charge in [0.15, 0.2) is 0 Å². The molecule has 3 heteroatoms. The van der Waals surface area contributed by atoms with Gasteiger partial charge in [-0.25, -0.2) is 0 Å². The van der Waals surface area contributed by atoms with Crippen molar-refractivity contribution in [3.05, 3.63) is 30.3 Å². The number of ether oxygens (including phenoxy) is 1. The van der Waals surface area contributed by atoms with Gasteiger partial charge in [0.1, 0.15) is 0 Å². The van der Waals surface area contributed by atoms with Gasteiger partial charge in [-0.3, -0.25) is 0 Å². The third kappa shape index (κ3) is 5.61. The molecule has 5 rings (SSSR count). The Morgan fingerprint density at radius 3 is 2.41 bits per heavy atom. The molecule has 1 aromatic carbocycles. The quantitative estimate of drug-likeness (QED) is 0.292. The van der Waals surface area contributed by atoms with Gasteiger partial charge in [-0.2, -0.15) is 0 Å². The normalized spacial score (nSPS) is 39.9. The molecule has 0 amide bonds. The van der Waals surface area contributed by atoms with Crippen molar-refractivity contribution in [2.45, 2.75) is 118 Å². The number of hydrogen-bond acceptors (Lipinski definition) is 2. The second-order valence-corrected chi connectivity index (χ2v) is 16.5. The molecule has 0 bridgehead atoms. The van der Waals surface area contributed by atoms with E-state index in [2.05, 4.69) is 46.8 Å². The first-order chi connectivity index (χ1) is 17.7. The van der Waals surface area contributed by atoms with Gasteiger partial charge < -0.3 is 0 Å². The summed E-state index contributed by atoms with van der Waals surface area (Å²) in [4.78, 5) is 12.7. The van der Waals surface area contributed by atoms with Gasteiger partial charge in [-0.15, -0.1) is 0 Å². The van der Waals surface area contributed by atoms with Crippen molar-refractivity contribution in [1.29, 1.82) is 0 Å². The minimum atomic E-state index is -0.224. The Hall–Kier alpha value is -0.791. The van der Waals surface area contributed by atoms with Crippen LogP contribution in [0.5, 0.6) is 0 Å². The molecular weight excluding hydrogens is 519 g/mol. The van der Waals surface area contributed by atoms with Crippen molar-refractivity contribution < 1.29 is 9.53 Å². The molecule has 2 nitrogen and oxygen atoms in total. The Bertz CT molecular complexity index is 914. The maximum atomic E-state index is 12.7. The summed E-state index contributed by atoms with van der Waals surface area (Å²) in [7, 11) is 0. The monoisotopic (exact) mass is 572 g/mol. The summed E-state index contributed by atoms with van der Waals surface area (Å²) in [6.07, 6.45) is 16.5. The average Bonchev–Trinajstić information content (AvgIpc) is 3.22. The van der Waals surface area contributed by atoms with Gasteiger partial charge in [0.05, 0.1) is 0 Å². The van der Waals surface area contributed by atoms with Crippen LogP contribution in [0, 0.1) is 52.3 Å². The van der Waals surface area contributed by atoms with Crippen LogP contribution in [0.3, 0.4) is 0 Å². The van der Waals surface area contributed by atoms with Crippen LogP contribution in [-0.2, 0) is 4.74 Å². The Morgan fingerprint density at radius 2 is 1.65 bits per heavy atom. The van der Waals surface area contributed by atoms with Crippen LogP contribution < -0.4 is 4.46 Å². The zero-order valence-electron chi connectivity index (χ0n) is 24.2. The van der Waals surface area contributed by atoms with Crippen molar-refractivity contribution in [2.24, 2.45) is 52.3 Å². The van der Waals surface area contributed by atoms with Crippen molar-refractivity contribution in [1.82, 2.24) is 0 Å². The molecule has 4 aliphatic rings. The number of fused-ring (bicyclic) bond motifs is 5. The van der Waals surface area contributed by atoms with Crippen LogP contribution in [-0.4, -0.2) is 25.9 Å². The first-order valence-corrected chi connectivity index (χ1v) is 17.4. The van der Waals surface area contributed by atoms with E-state index in [9.17, 15) is 4.79 Å². The van der Waals surface area contributed by atoms with Crippen molar-refractivity contribution in [3.63, 3.8) is 0 Å². The SMILES string of the molecule is CC(C)CCC[C@@H](C)[C@H]1CC[C@H]2[C@@H]3CCC4C[C@@H](OC(=O)[Se]c5ccccc5)CC[C@]4(C)[C@H]3CC[C@]12C. The summed E-state index contributed by atoms with van der Waals surface area (Å²) in [5.41, 5.74) is 1.03. The molecule has 1 unspecified atom stereocenters. The molecule has 9 atom stereocenters. The second kappa shape index (κ2) is 11.4. The molecular formula is C34H52O2Se. The first kappa shape index (κ1) is 27.8. The molecule has 1 aromatic rings. The summed E-state index contributed by atoms with van der Waals surface area (Å²) in [6, 6.07) is 10.2. The Kier molecular flexibility index (Phi) is 8.53. The zero-order chi connectivity index (χ0) is 26.2. The fraction of sp³-hybridized carbons (Fsp3) is 0.794. The summed E-state index contributed by atoms with van der Waals surface area (Å²) in [5.74, 6) is 6.19. The van der Waals surface area contributed by atoms with E-state index in [1.54, 1.807) is 0 Å². The fourth-order valence-corrected chi connectivity index (χ4v) is 11.5. The van der Waals surface area contributed by atoms with Crippen molar-refractivity contribution in [3.8, 4) is 0 Å².